The zero-order chi connectivity index (χ0) is 22.2. The van der Waals surface area contributed by atoms with Crippen molar-refractivity contribution in [2.75, 3.05) is 5.32 Å². The third-order valence-corrected chi connectivity index (χ3v) is 6.87. The number of hydrogen-bond donors (Lipinski definition) is 1. The van der Waals surface area contributed by atoms with Crippen LogP contribution in [0.15, 0.2) is 90.3 Å². The largest absolute Gasteiger partial charge is 0.302 e. The number of carbonyl (C=O) groups is 1. The number of amides is 1. The van der Waals surface area contributed by atoms with Crippen molar-refractivity contribution in [2.45, 2.75) is 23.8 Å². The highest BCUT2D eigenvalue weighted by Crippen LogP contribution is 2.29. The van der Waals surface area contributed by atoms with Crippen LogP contribution in [0, 0.1) is 5.82 Å². The molecule has 162 valence electrons. The van der Waals surface area contributed by atoms with Gasteiger partial charge in [-0.2, -0.15) is 11.8 Å². The van der Waals surface area contributed by atoms with Gasteiger partial charge in [-0.3, -0.25) is 4.79 Å². The first kappa shape index (κ1) is 22.2. The van der Waals surface area contributed by atoms with Crippen LogP contribution in [0.4, 0.5) is 9.52 Å². The molecule has 0 unspecified atom stereocenters. The second-order valence-electron chi connectivity index (χ2n) is 7.39. The van der Waals surface area contributed by atoms with Crippen molar-refractivity contribution in [1.29, 1.82) is 0 Å². The molecule has 0 saturated carbocycles. The van der Waals surface area contributed by atoms with Gasteiger partial charge < -0.3 is 5.32 Å². The standard InChI is InChI=1S/C26H23FN2OS2/c27-22-13-11-19(12-14-22)16-31-17-23-18-32-26(28-23)29-25(30)15-24(20-7-3-1-4-8-20)21-9-5-2-6-10-21/h1-14,18,24H,15-17H2,(H,28,29,30). The van der Waals surface area contributed by atoms with E-state index in [0.717, 1.165) is 33.9 Å². The Kier molecular flexibility index (Phi) is 7.69. The second-order valence-corrected chi connectivity index (χ2v) is 9.23. The normalized spacial score (nSPS) is 10.9. The minimum Gasteiger partial charge on any atom is -0.302 e. The van der Waals surface area contributed by atoms with Crippen LogP contribution in [0.25, 0.3) is 0 Å². The van der Waals surface area contributed by atoms with Gasteiger partial charge in [-0.1, -0.05) is 72.8 Å². The van der Waals surface area contributed by atoms with Crippen molar-refractivity contribution >= 4 is 34.1 Å². The van der Waals surface area contributed by atoms with Crippen molar-refractivity contribution in [3.63, 3.8) is 0 Å². The van der Waals surface area contributed by atoms with E-state index >= 15 is 0 Å². The topological polar surface area (TPSA) is 42.0 Å². The summed E-state index contributed by atoms with van der Waals surface area (Å²) in [4.78, 5) is 17.4. The first-order chi connectivity index (χ1) is 15.7. The van der Waals surface area contributed by atoms with Crippen molar-refractivity contribution in [3.05, 3.63) is 119 Å². The Balaban J connectivity index is 1.34. The molecule has 32 heavy (non-hydrogen) atoms. The number of benzene rings is 3. The summed E-state index contributed by atoms with van der Waals surface area (Å²) in [6.45, 7) is 0. The van der Waals surface area contributed by atoms with Crippen molar-refractivity contribution in [1.82, 2.24) is 4.98 Å². The lowest BCUT2D eigenvalue weighted by atomic mass is 9.88. The van der Waals surface area contributed by atoms with E-state index in [1.165, 1.54) is 23.5 Å². The molecule has 3 nitrogen and oxygen atoms in total. The number of halogens is 1. The zero-order valence-corrected chi connectivity index (χ0v) is 19.0. The fourth-order valence-corrected chi connectivity index (χ4v) is 5.16. The Labute approximate surface area is 195 Å². The van der Waals surface area contributed by atoms with E-state index < -0.39 is 0 Å². The first-order valence-electron chi connectivity index (χ1n) is 10.3. The molecule has 0 aliphatic rings. The summed E-state index contributed by atoms with van der Waals surface area (Å²) in [5.41, 5.74) is 4.24. The van der Waals surface area contributed by atoms with Crippen LogP contribution < -0.4 is 5.32 Å². The van der Waals surface area contributed by atoms with Crippen molar-refractivity contribution < 1.29 is 9.18 Å². The summed E-state index contributed by atoms with van der Waals surface area (Å²) in [5.74, 6) is 1.24. The molecule has 0 spiro atoms. The molecule has 1 amide bonds. The second kappa shape index (κ2) is 11.1. The molecule has 0 radical (unpaired) electrons. The van der Waals surface area contributed by atoms with E-state index in [1.807, 2.05) is 41.8 Å². The number of aromatic nitrogens is 1. The van der Waals surface area contributed by atoms with Crippen LogP contribution in [0.2, 0.25) is 0 Å². The van der Waals surface area contributed by atoms with E-state index in [1.54, 1.807) is 23.9 Å². The molecule has 0 saturated heterocycles. The molecule has 0 aliphatic carbocycles. The minimum atomic E-state index is -0.222. The predicted octanol–water partition coefficient (Wildman–Crippen LogP) is 6.88. The summed E-state index contributed by atoms with van der Waals surface area (Å²) in [7, 11) is 0. The Hall–Kier alpha value is -2.96. The van der Waals surface area contributed by atoms with Gasteiger partial charge in [0.1, 0.15) is 5.82 Å². The maximum absolute atomic E-state index is 13.0. The number of rotatable bonds is 9. The van der Waals surface area contributed by atoms with Crippen LogP contribution in [-0.2, 0) is 16.3 Å². The highest BCUT2D eigenvalue weighted by Gasteiger charge is 2.19. The van der Waals surface area contributed by atoms with Crippen molar-refractivity contribution in [3.8, 4) is 0 Å². The van der Waals surface area contributed by atoms with Crippen LogP contribution >= 0.6 is 23.1 Å². The van der Waals surface area contributed by atoms with E-state index in [4.69, 9.17) is 0 Å². The molecular formula is C26H23FN2OS2. The monoisotopic (exact) mass is 462 g/mol. The van der Waals surface area contributed by atoms with E-state index in [0.29, 0.717) is 11.6 Å². The van der Waals surface area contributed by atoms with Crippen LogP contribution in [0.5, 0.6) is 0 Å². The lowest BCUT2D eigenvalue weighted by Gasteiger charge is -2.17. The summed E-state index contributed by atoms with van der Waals surface area (Å²) in [5, 5.41) is 5.55. The number of thioether (sulfide) groups is 1. The SMILES string of the molecule is O=C(CC(c1ccccc1)c1ccccc1)Nc1nc(CSCc2ccc(F)cc2)cs1. The fraction of sp³-hybridized carbons (Fsp3) is 0.154. The summed E-state index contributed by atoms with van der Waals surface area (Å²) in [6, 6.07) is 26.8. The number of nitrogens with one attached hydrogen (secondary N) is 1. The third kappa shape index (κ3) is 6.28. The van der Waals surface area contributed by atoms with E-state index in [9.17, 15) is 9.18 Å². The number of nitrogens with zero attached hydrogens (tertiary/aromatic N) is 1. The Morgan fingerprint density at radius 3 is 2.16 bits per heavy atom. The molecule has 1 aromatic heterocycles. The maximum atomic E-state index is 13.0. The molecule has 0 aliphatic heterocycles. The molecule has 1 heterocycles. The van der Waals surface area contributed by atoms with Crippen LogP contribution in [0.1, 0.15) is 34.7 Å². The minimum absolute atomic E-state index is 0.0110. The van der Waals surface area contributed by atoms with Gasteiger partial charge in [-0.25, -0.2) is 9.37 Å². The predicted molar refractivity (Wildman–Crippen MR) is 131 cm³/mol. The van der Waals surface area contributed by atoms with Crippen LogP contribution in [0.3, 0.4) is 0 Å². The van der Waals surface area contributed by atoms with Gasteiger partial charge in [0.15, 0.2) is 5.13 Å². The van der Waals surface area contributed by atoms with Gasteiger partial charge >= 0.3 is 0 Å². The van der Waals surface area contributed by atoms with Crippen LogP contribution in [-0.4, -0.2) is 10.9 Å². The fourth-order valence-electron chi connectivity index (χ4n) is 3.44. The molecule has 3 aromatic carbocycles. The Bertz CT molecular complexity index is 1090. The average molecular weight is 463 g/mol. The van der Waals surface area contributed by atoms with E-state index in [-0.39, 0.29) is 17.6 Å². The smallest absolute Gasteiger partial charge is 0.227 e. The number of hydrogen-bond acceptors (Lipinski definition) is 4. The molecule has 4 aromatic rings. The summed E-state index contributed by atoms with van der Waals surface area (Å²) >= 11 is 3.15. The first-order valence-corrected chi connectivity index (χ1v) is 12.4. The van der Waals surface area contributed by atoms with Gasteiger partial charge in [0, 0.05) is 29.2 Å². The van der Waals surface area contributed by atoms with Crippen molar-refractivity contribution in [2.24, 2.45) is 0 Å². The molecule has 1 N–H and O–H groups in total. The quantitative estimate of drug-likeness (QED) is 0.295. The Morgan fingerprint density at radius 1 is 0.906 bits per heavy atom. The third-order valence-electron chi connectivity index (χ3n) is 5.02. The van der Waals surface area contributed by atoms with Gasteiger partial charge in [-0.05, 0) is 28.8 Å². The van der Waals surface area contributed by atoms with Gasteiger partial charge in [0.2, 0.25) is 5.91 Å². The average Bonchev–Trinajstić information content (AvgIpc) is 3.27. The highest BCUT2D eigenvalue weighted by atomic mass is 32.2. The number of anilines is 1. The maximum Gasteiger partial charge on any atom is 0.227 e. The summed E-state index contributed by atoms with van der Waals surface area (Å²) < 4.78 is 13.0. The molecule has 0 fully saturated rings. The lowest BCUT2D eigenvalue weighted by Crippen LogP contribution is -2.16. The van der Waals surface area contributed by atoms with Gasteiger partial charge in [0.05, 0.1) is 5.69 Å². The molecule has 6 heteroatoms. The number of thiazole rings is 1. The molecule has 4 rings (SSSR count). The molecule has 0 bridgehead atoms. The molecular weight excluding hydrogens is 439 g/mol. The van der Waals surface area contributed by atoms with Gasteiger partial charge in [-0.15, -0.1) is 11.3 Å². The molecule has 0 atom stereocenters. The van der Waals surface area contributed by atoms with Gasteiger partial charge in [0.25, 0.3) is 0 Å². The Morgan fingerprint density at radius 2 is 1.53 bits per heavy atom. The number of carbonyl (C=O) groups excluding carboxylic acids is 1. The highest BCUT2D eigenvalue weighted by molar-refractivity contribution is 7.97. The summed E-state index contributed by atoms with van der Waals surface area (Å²) in [6.07, 6.45) is 0.349. The van der Waals surface area contributed by atoms with E-state index in [2.05, 4.69) is 34.6 Å². The zero-order valence-electron chi connectivity index (χ0n) is 17.4. The lowest BCUT2D eigenvalue weighted by molar-refractivity contribution is -0.116.